The molecular formula is C8H14F4NO3S+. The summed E-state index contributed by atoms with van der Waals surface area (Å²) in [5.41, 5.74) is -5.61. The van der Waals surface area contributed by atoms with Gasteiger partial charge in [-0.1, -0.05) is 0 Å². The number of hydrogen-bond donors (Lipinski definition) is 0. The number of quaternary nitrogens is 1. The number of halogens is 4. The first-order valence-electron chi connectivity index (χ1n) is 5.11. The normalized spacial score (nSPS) is 35.9. The summed E-state index contributed by atoms with van der Waals surface area (Å²) in [7, 11) is -5.92. The monoisotopic (exact) mass is 280 g/mol. The number of nitrogens with zero attached hydrogens (tertiary/aromatic N) is 1. The van der Waals surface area contributed by atoms with Gasteiger partial charge in [0, 0.05) is 22.2 Å². The summed E-state index contributed by atoms with van der Waals surface area (Å²) in [6.45, 7) is 2.64. The van der Waals surface area contributed by atoms with E-state index in [0.717, 1.165) is 0 Å². The Bertz CT molecular complexity index is 371. The van der Waals surface area contributed by atoms with Crippen molar-refractivity contribution in [3.8, 4) is 0 Å². The van der Waals surface area contributed by atoms with Crippen molar-refractivity contribution in [3.63, 3.8) is 0 Å². The second-order valence-corrected chi connectivity index (χ2v) is 5.75. The highest BCUT2D eigenvalue weighted by atomic mass is 32.2. The van der Waals surface area contributed by atoms with Crippen molar-refractivity contribution in [2.45, 2.75) is 50.7 Å². The van der Waals surface area contributed by atoms with Gasteiger partial charge >= 0.3 is 15.6 Å². The Labute approximate surface area is 96.8 Å². The molecule has 2 atom stereocenters. The lowest BCUT2D eigenvalue weighted by Crippen LogP contribution is -2.57. The largest absolute Gasteiger partial charge is 0.528 e. The summed E-state index contributed by atoms with van der Waals surface area (Å²) in [4.78, 5) is -2.04. The maximum absolute atomic E-state index is 14.2. The van der Waals surface area contributed by atoms with Crippen LogP contribution < -0.4 is 0 Å². The standard InChI is InChI=1S/C8H14F4NO3S/c1-6-4-3-5-7(2)13(6,12)16-17(14,15)8(9,10)11/h6-7H,3-5H2,1-2H3/q+1. The van der Waals surface area contributed by atoms with Gasteiger partial charge < -0.3 is 0 Å². The molecule has 0 amide bonds. The van der Waals surface area contributed by atoms with Crippen molar-refractivity contribution in [2.24, 2.45) is 0 Å². The molecule has 0 spiro atoms. The summed E-state index contributed by atoms with van der Waals surface area (Å²) >= 11 is 0. The van der Waals surface area contributed by atoms with E-state index in [4.69, 9.17) is 0 Å². The lowest BCUT2D eigenvalue weighted by molar-refractivity contribution is -1.22. The van der Waals surface area contributed by atoms with E-state index < -0.39 is 32.6 Å². The summed E-state index contributed by atoms with van der Waals surface area (Å²) < 4.78 is 76.0. The van der Waals surface area contributed by atoms with Crippen LogP contribution in [-0.2, 0) is 14.4 Å². The van der Waals surface area contributed by atoms with Crippen molar-refractivity contribution in [2.75, 3.05) is 0 Å². The van der Waals surface area contributed by atoms with E-state index in [1.54, 1.807) is 0 Å². The zero-order valence-corrected chi connectivity index (χ0v) is 10.2. The first-order valence-corrected chi connectivity index (χ1v) is 6.52. The number of hydroxylamine groups is 2. The molecule has 1 aliphatic heterocycles. The van der Waals surface area contributed by atoms with E-state index in [-0.39, 0.29) is 12.8 Å². The molecular weight excluding hydrogens is 266 g/mol. The van der Waals surface area contributed by atoms with E-state index >= 15 is 0 Å². The zero-order valence-electron chi connectivity index (χ0n) is 9.37. The second-order valence-electron chi connectivity index (χ2n) is 4.23. The number of rotatable bonds is 2. The molecule has 2 unspecified atom stereocenters. The molecule has 0 aromatic carbocycles. The Morgan fingerprint density at radius 3 is 1.94 bits per heavy atom. The van der Waals surface area contributed by atoms with Crippen LogP contribution in [-0.4, -0.2) is 30.9 Å². The van der Waals surface area contributed by atoms with E-state index in [9.17, 15) is 26.1 Å². The molecule has 1 fully saturated rings. The lowest BCUT2D eigenvalue weighted by Gasteiger charge is -2.36. The molecule has 1 aliphatic rings. The Hall–Kier alpha value is -0.410. The molecule has 0 radical (unpaired) electrons. The SMILES string of the molecule is CC1CCCC(C)[N+]1(F)OS(=O)(=O)C(F)(F)F. The number of hydrogen-bond acceptors (Lipinski definition) is 3. The van der Waals surface area contributed by atoms with Gasteiger partial charge in [-0.2, -0.15) is 21.6 Å². The molecule has 17 heavy (non-hydrogen) atoms. The highest BCUT2D eigenvalue weighted by molar-refractivity contribution is 7.87. The molecule has 0 saturated carbocycles. The molecule has 1 saturated heterocycles. The fraction of sp³-hybridized carbons (Fsp3) is 1.00. The molecule has 0 bridgehead atoms. The lowest BCUT2D eigenvalue weighted by atomic mass is 10.00. The van der Waals surface area contributed by atoms with Gasteiger partial charge in [0.1, 0.15) is 0 Å². The maximum Gasteiger partial charge on any atom is 0.528 e. The van der Waals surface area contributed by atoms with Gasteiger partial charge in [-0.25, -0.2) is 0 Å². The highest BCUT2D eigenvalue weighted by Crippen LogP contribution is 2.37. The third-order valence-corrected chi connectivity index (χ3v) is 3.93. The molecule has 0 aliphatic carbocycles. The molecule has 9 heteroatoms. The van der Waals surface area contributed by atoms with Gasteiger partial charge in [0.25, 0.3) is 0 Å². The minimum atomic E-state index is -5.92. The first-order chi connectivity index (χ1) is 7.51. The predicted molar refractivity (Wildman–Crippen MR) is 50.2 cm³/mol. The molecule has 0 aromatic rings. The van der Waals surface area contributed by atoms with Gasteiger partial charge in [-0.3, -0.25) is 0 Å². The van der Waals surface area contributed by atoms with Crippen molar-refractivity contribution in [1.29, 1.82) is 0 Å². The third kappa shape index (κ3) is 2.71. The van der Waals surface area contributed by atoms with Crippen molar-refractivity contribution in [3.05, 3.63) is 0 Å². The molecule has 102 valence electrons. The van der Waals surface area contributed by atoms with E-state index in [1.807, 2.05) is 0 Å². The van der Waals surface area contributed by atoms with E-state index in [2.05, 4.69) is 4.28 Å². The maximum atomic E-state index is 14.2. The van der Waals surface area contributed by atoms with Crippen LogP contribution in [0.5, 0.6) is 0 Å². The van der Waals surface area contributed by atoms with Gasteiger partial charge in [0.05, 0.1) is 0 Å². The smallest absolute Gasteiger partial charge is 0.184 e. The minimum Gasteiger partial charge on any atom is -0.184 e. The van der Waals surface area contributed by atoms with Crippen LogP contribution in [0.3, 0.4) is 0 Å². The molecule has 0 N–H and O–H groups in total. The van der Waals surface area contributed by atoms with Crippen LogP contribution in [0.4, 0.5) is 17.7 Å². The van der Waals surface area contributed by atoms with Gasteiger partial charge in [0.2, 0.25) is 0 Å². The average Bonchev–Trinajstić information content (AvgIpc) is 2.12. The quantitative estimate of drug-likeness (QED) is 0.443. The third-order valence-electron chi connectivity index (χ3n) is 2.94. The summed E-state index contributed by atoms with van der Waals surface area (Å²) in [5.74, 6) is 0. The number of piperidine rings is 1. The van der Waals surface area contributed by atoms with Crippen LogP contribution in [0.25, 0.3) is 0 Å². The van der Waals surface area contributed by atoms with Crippen molar-refractivity contribution >= 4 is 10.1 Å². The summed E-state index contributed by atoms with van der Waals surface area (Å²) in [5, 5.41) is 0. The average molecular weight is 280 g/mol. The number of alkyl halides is 3. The van der Waals surface area contributed by atoms with E-state index in [1.165, 1.54) is 13.8 Å². The first kappa shape index (κ1) is 14.7. The fourth-order valence-corrected chi connectivity index (χ4v) is 2.51. The Balaban J connectivity index is 2.99. The molecule has 4 nitrogen and oxygen atoms in total. The second kappa shape index (κ2) is 4.36. The summed E-state index contributed by atoms with van der Waals surface area (Å²) in [6, 6.07) is -1.90. The predicted octanol–water partition coefficient (Wildman–Crippen LogP) is 2.43. The van der Waals surface area contributed by atoms with Crippen LogP contribution in [0, 0.1) is 0 Å². The fourth-order valence-electron chi connectivity index (χ4n) is 1.83. The minimum absolute atomic E-state index is 0.272. The van der Waals surface area contributed by atoms with Crippen molar-refractivity contribution in [1.82, 2.24) is 0 Å². The van der Waals surface area contributed by atoms with Gasteiger partial charge in [-0.15, -0.1) is 0 Å². The van der Waals surface area contributed by atoms with Crippen LogP contribution in [0.1, 0.15) is 33.1 Å². The Morgan fingerprint density at radius 2 is 1.59 bits per heavy atom. The zero-order chi connectivity index (χ0) is 13.5. The summed E-state index contributed by atoms with van der Waals surface area (Å²) in [6.07, 6.45) is 1.17. The molecule has 0 aromatic heterocycles. The Kier molecular flexibility index (Phi) is 3.76. The van der Waals surface area contributed by atoms with Gasteiger partial charge in [-0.05, 0) is 24.6 Å². The van der Waals surface area contributed by atoms with E-state index in [0.29, 0.717) is 6.42 Å². The topological polar surface area (TPSA) is 43.4 Å². The van der Waals surface area contributed by atoms with Gasteiger partial charge in [0.15, 0.2) is 12.1 Å². The van der Waals surface area contributed by atoms with Crippen molar-refractivity contribution < 1.29 is 35.2 Å². The highest BCUT2D eigenvalue weighted by Gasteiger charge is 2.59. The van der Waals surface area contributed by atoms with Crippen LogP contribution in [0.2, 0.25) is 0 Å². The van der Waals surface area contributed by atoms with Crippen LogP contribution in [0.15, 0.2) is 0 Å². The molecule has 1 heterocycles. The molecule has 1 rings (SSSR count). The van der Waals surface area contributed by atoms with Crippen LogP contribution >= 0.6 is 0 Å². The Morgan fingerprint density at radius 1 is 1.18 bits per heavy atom.